The van der Waals surface area contributed by atoms with Crippen molar-refractivity contribution >= 4 is 11.4 Å². The predicted octanol–water partition coefficient (Wildman–Crippen LogP) is -0.124. The molecular formula is C19H25N4O3+. The van der Waals surface area contributed by atoms with Gasteiger partial charge >= 0.3 is 0 Å². The summed E-state index contributed by atoms with van der Waals surface area (Å²) in [7, 11) is 0. The number of anilines is 2. The van der Waals surface area contributed by atoms with E-state index in [2.05, 4.69) is 10.3 Å². The summed E-state index contributed by atoms with van der Waals surface area (Å²) in [4.78, 5) is 28.1. The third-order valence-electron chi connectivity index (χ3n) is 4.65. The van der Waals surface area contributed by atoms with E-state index in [1.807, 2.05) is 24.3 Å². The van der Waals surface area contributed by atoms with Crippen LogP contribution in [0.25, 0.3) is 0 Å². The molecule has 0 amide bonds. The van der Waals surface area contributed by atoms with Crippen molar-refractivity contribution in [1.29, 1.82) is 0 Å². The molecule has 1 aliphatic rings. The van der Waals surface area contributed by atoms with E-state index in [4.69, 9.17) is 10.5 Å². The van der Waals surface area contributed by atoms with Gasteiger partial charge in [0.05, 0.1) is 13.1 Å². The molecule has 0 saturated carbocycles. The van der Waals surface area contributed by atoms with Crippen LogP contribution in [0.2, 0.25) is 0 Å². The highest BCUT2D eigenvalue weighted by molar-refractivity contribution is 5.71. The van der Waals surface area contributed by atoms with Crippen LogP contribution in [0.4, 0.5) is 11.4 Å². The van der Waals surface area contributed by atoms with Gasteiger partial charge in [-0.05, 0) is 31.4 Å². The lowest BCUT2D eigenvalue weighted by molar-refractivity contribution is -0.918. The third kappa shape index (κ3) is 4.49. The Bertz CT molecular complexity index is 834. The molecule has 0 unspecified atom stereocenters. The molecule has 2 heterocycles. The number of aromatic nitrogens is 1. The Hall–Kier alpha value is -2.67. The fraction of sp³-hybridized carbons (Fsp3) is 0.421. The van der Waals surface area contributed by atoms with Crippen LogP contribution in [0.3, 0.4) is 0 Å². The van der Waals surface area contributed by atoms with Crippen molar-refractivity contribution in [3.05, 3.63) is 56.5 Å². The maximum Gasteiger partial charge on any atom is 0.253 e. The summed E-state index contributed by atoms with van der Waals surface area (Å²) < 4.78 is 5.65. The van der Waals surface area contributed by atoms with Crippen molar-refractivity contribution in [1.82, 2.24) is 4.98 Å². The topological polar surface area (TPSA) is 98.8 Å². The summed E-state index contributed by atoms with van der Waals surface area (Å²) in [6.07, 6.45) is 9.41. The summed E-state index contributed by atoms with van der Waals surface area (Å²) in [5.41, 5.74) is 5.74. The summed E-state index contributed by atoms with van der Waals surface area (Å²) in [5.74, 6) is 0.614. The quantitative estimate of drug-likeness (QED) is 0.450. The zero-order valence-electron chi connectivity index (χ0n) is 14.8. The molecule has 4 N–H and O–H groups in total. The van der Waals surface area contributed by atoms with Crippen molar-refractivity contribution in [3.8, 4) is 5.88 Å². The molecule has 1 aliphatic heterocycles. The fourth-order valence-electron chi connectivity index (χ4n) is 3.19. The summed E-state index contributed by atoms with van der Waals surface area (Å²) in [5, 5.41) is 2.83. The minimum atomic E-state index is -0.614. The average molecular weight is 357 g/mol. The Morgan fingerprint density at radius 1 is 1.19 bits per heavy atom. The number of nitrogens with zero attached hydrogens (tertiary/aromatic N) is 1. The van der Waals surface area contributed by atoms with Crippen LogP contribution in [0, 0.1) is 0 Å². The molecule has 1 fully saturated rings. The second kappa shape index (κ2) is 8.62. The molecule has 1 aromatic heterocycles. The lowest BCUT2D eigenvalue weighted by Gasteiger charge is -2.23. The van der Waals surface area contributed by atoms with Gasteiger partial charge in [-0.2, -0.15) is 0 Å². The molecule has 0 aliphatic carbocycles. The second-order valence-corrected chi connectivity index (χ2v) is 6.60. The van der Waals surface area contributed by atoms with Crippen LogP contribution >= 0.6 is 0 Å². The van der Waals surface area contributed by atoms with Crippen LogP contribution in [0.1, 0.15) is 24.8 Å². The predicted molar refractivity (Wildman–Crippen MR) is 101 cm³/mol. The van der Waals surface area contributed by atoms with Gasteiger partial charge in [0.25, 0.3) is 10.9 Å². The van der Waals surface area contributed by atoms with Gasteiger partial charge in [0.1, 0.15) is 24.5 Å². The van der Waals surface area contributed by atoms with E-state index in [0.717, 1.165) is 6.54 Å². The van der Waals surface area contributed by atoms with Crippen molar-refractivity contribution in [2.75, 3.05) is 37.3 Å². The van der Waals surface area contributed by atoms with E-state index in [1.165, 1.54) is 37.9 Å². The molecule has 1 aromatic carbocycles. The summed E-state index contributed by atoms with van der Waals surface area (Å²) >= 11 is 0. The van der Waals surface area contributed by atoms with Gasteiger partial charge in [0.2, 0.25) is 5.88 Å². The van der Waals surface area contributed by atoms with Crippen LogP contribution in [-0.4, -0.2) is 31.2 Å². The first-order chi connectivity index (χ1) is 12.6. The van der Waals surface area contributed by atoms with Gasteiger partial charge in [-0.25, -0.2) is 4.98 Å². The van der Waals surface area contributed by atoms with E-state index in [9.17, 15) is 9.59 Å². The number of pyridine rings is 1. The molecule has 3 rings (SSSR count). The molecule has 7 nitrogen and oxygen atoms in total. The van der Waals surface area contributed by atoms with E-state index in [1.54, 1.807) is 11.1 Å². The molecule has 2 aromatic rings. The molecule has 1 saturated heterocycles. The summed E-state index contributed by atoms with van der Waals surface area (Å²) in [6.45, 7) is 4.29. The SMILES string of the molecule is Nc1c(NC/C=C\COc2cc(C[NH+]3CCCCC3)ccn2)c(=O)c1=O. The zero-order valence-corrected chi connectivity index (χ0v) is 14.8. The number of rotatable bonds is 8. The minimum absolute atomic E-state index is 0.0106. The molecule has 7 heteroatoms. The number of nitrogen functional groups attached to an aromatic ring is 1. The number of likely N-dealkylation sites (tertiary alicyclic amines) is 1. The number of ether oxygens (including phenoxy) is 1. The van der Waals surface area contributed by atoms with Crippen LogP contribution in [0.5, 0.6) is 5.88 Å². The molecule has 138 valence electrons. The number of nitrogens with two attached hydrogens (primary N) is 1. The maximum absolute atomic E-state index is 11.2. The largest absolute Gasteiger partial charge is 0.473 e. The van der Waals surface area contributed by atoms with Gasteiger partial charge in [0.15, 0.2) is 0 Å². The summed E-state index contributed by atoms with van der Waals surface area (Å²) in [6, 6.07) is 4.04. The van der Waals surface area contributed by atoms with Crippen LogP contribution in [-0.2, 0) is 6.54 Å². The molecule has 26 heavy (non-hydrogen) atoms. The Labute approximate surface area is 152 Å². The van der Waals surface area contributed by atoms with E-state index in [0.29, 0.717) is 19.0 Å². The van der Waals surface area contributed by atoms with E-state index >= 15 is 0 Å². The highest BCUT2D eigenvalue weighted by Gasteiger charge is 2.16. The average Bonchev–Trinajstić information content (AvgIpc) is 2.67. The van der Waals surface area contributed by atoms with Crippen molar-refractivity contribution in [3.63, 3.8) is 0 Å². The van der Waals surface area contributed by atoms with Gasteiger partial charge in [-0.15, -0.1) is 0 Å². The Morgan fingerprint density at radius 2 is 2.00 bits per heavy atom. The normalized spacial score (nSPS) is 15.5. The highest BCUT2D eigenvalue weighted by atomic mass is 16.5. The van der Waals surface area contributed by atoms with E-state index in [-0.39, 0.29) is 11.4 Å². The standard InChI is InChI=1S/C19H24N4O3/c20-16-17(19(25)18(16)24)22-7-2-5-11-26-15-12-14(6-8-21-15)13-23-9-3-1-4-10-23/h2,5-6,8,12,22H,1,3-4,7,9-11,13,20H2/p+1/b5-2-. The Kier molecular flexibility index (Phi) is 6.01. The van der Waals surface area contributed by atoms with E-state index < -0.39 is 10.9 Å². The highest BCUT2D eigenvalue weighted by Crippen LogP contribution is 2.10. The van der Waals surface area contributed by atoms with Crippen molar-refractivity contribution < 1.29 is 9.64 Å². The van der Waals surface area contributed by atoms with Crippen molar-refractivity contribution in [2.45, 2.75) is 25.8 Å². The van der Waals surface area contributed by atoms with Crippen LogP contribution < -0.4 is 31.5 Å². The Morgan fingerprint density at radius 3 is 2.77 bits per heavy atom. The molecule has 0 bridgehead atoms. The molecule has 0 spiro atoms. The third-order valence-corrected chi connectivity index (χ3v) is 4.65. The lowest BCUT2D eigenvalue weighted by atomic mass is 10.1. The minimum Gasteiger partial charge on any atom is -0.473 e. The maximum atomic E-state index is 11.2. The van der Waals surface area contributed by atoms with Gasteiger partial charge in [0, 0.05) is 24.4 Å². The lowest BCUT2D eigenvalue weighted by Crippen LogP contribution is -3.11. The van der Waals surface area contributed by atoms with Crippen molar-refractivity contribution in [2.24, 2.45) is 0 Å². The number of piperidine rings is 1. The smallest absolute Gasteiger partial charge is 0.253 e. The molecule has 0 radical (unpaired) electrons. The first-order valence-corrected chi connectivity index (χ1v) is 9.04. The Balaban J connectivity index is 1.41. The second-order valence-electron chi connectivity index (χ2n) is 6.60. The first-order valence-electron chi connectivity index (χ1n) is 9.04. The first kappa shape index (κ1) is 18.1. The molecular weight excluding hydrogens is 332 g/mol. The molecule has 0 atom stereocenters. The number of hydrogen-bond acceptors (Lipinski definition) is 6. The number of quaternary nitrogens is 1. The fourth-order valence-corrected chi connectivity index (χ4v) is 3.19. The number of hydrogen-bond donors (Lipinski definition) is 3. The van der Waals surface area contributed by atoms with Gasteiger partial charge in [-0.1, -0.05) is 6.08 Å². The number of nitrogens with one attached hydrogen (secondary N) is 2. The van der Waals surface area contributed by atoms with Crippen LogP contribution in [0.15, 0.2) is 40.1 Å². The van der Waals surface area contributed by atoms with Gasteiger partial charge in [-0.3, -0.25) is 9.59 Å². The monoisotopic (exact) mass is 357 g/mol. The van der Waals surface area contributed by atoms with Gasteiger partial charge < -0.3 is 20.7 Å². The zero-order chi connectivity index (χ0) is 18.4.